The molecule has 4 rings (SSSR count). The summed E-state index contributed by atoms with van der Waals surface area (Å²) in [4.78, 5) is 28.2. The van der Waals surface area contributed by atoms with Gasteiger partial charge >= 0.3 is 5.97 Å². The van der Waals surface area contributed by atoms with E-state index in [-0.39, 0.29) is 25.3 Å². The summed E-state index contributed by atoms with van der Waals surface area (Å²) < 4.78 is 35.1. The van der Waals surface area contributed by atoms with Crippen LogP contribution in [-0.4, -0.2) is 50.5 Å². The number of carboxylic acids is 1. The Kier molecular flexibility index (Phi) is 8.54. The zero-order chi connectivity index (χ0) is 26.3. The maximum absolute atomic E-state index is 12.4. The normalized spacial score (nSPS) is 14.5. The second-order valence-electron chi connectivity index (χ2n) is 8.67. The highest BCUT2D eigenvalue weighted by Crippen LogP contribution is 2.22. The highest BCUT2D eigenvalue weighted by atomic mass is 32.2. The molecule has 37 heavy (non-hydrogen) atoms. The number of hydrogen-bond acceptors (Lipinski definition) is 7. The molecule has 5 N–H and O–H groups in total. The molecule has 1 amide bonds. The first-order valence-electron chi connectivity index (χ1n) is 11.9. The van der Waals surface area contributed by atoms with Crippen molar-refractivity contribution < 1.29 is 27.5 Å². The number of furan rings is 1. The average Bonchev–Trinajstić information content (AvgIpc) is 3.29. The van der Waals surface area contributed by atoms with E-state index in [1.165, 1.54) is 0 Å². The number of rotatable bonds is 11. The van der Waals surface area contributed by atoms with Crippen molar-refractivity contribution in [1.29, 1.82) is 0 Å². The van der Waals surface area contributed by atoms with Crippen LogP contribution in [-0.2, 0) is 39.2 Å². The SMILES string of the molecule is O=C(CCc1ccc2oc(CC(NS(=O)(=O)NCc3ccccc3)C(=O)O)cc2c1)NC1=NCCCN1. The van der Waals surface area contributed by atoms with Crippen LogP contribution in [0.15, 0.2) is 64.0 Å². The summed E-state index contributed by atoms with van der Waals surface area (Å²) in [6.45, 7) is 1.50. The van der Waals surface area contributed by atoms with Gasteiger partial charge in [-0.25, -0.2) is 0 Å². The van der Waals surface area contributed by atoms with Crippen molar-refractivity contribution in [3.63, 3.8) is 0 Å². The van der Waals surface area contributed by atoms with E-state index in [0.717, 1.165) is 29.5 Å². The first kappa shape index (κ1) is 26.3. The second-order valence-corrected chi connectivity index (χ2v) is 10.2. The van der Waals surface area contributed by atoms with Gasteiger partial charge in [0.15, 0.2) is 5.96 Å². The van der Waals surface area contributed by atoms with Gasteiger partial charge in [0, 0.05) is 37.9 Å². The number of guanidine groups is 1. The van der Waals surface area contributed by atoms with Gasteiger partial charge in [0.25, 0.3) is 10.2 Å². The van der Waals surface area contributed by atoms with Crippen LogP contribution in [0.5, 0.6) is 0 Å². The van der Waals surface area contributed by atoms with Gasteiger partial charge in [-0.05, 0) is 42.2 Å². The van der Waals surface area contributed by atoms with Crippen LogP contribution in [0.25, 0.3) is 11.0 Å². The third-order valence-corrected chi connectivity index (χ3v) is 6.86. The van der Waals surface area contributed by atoms with Crippen LogP contribution in [0.1, 0.15) is 29.7 Å². The van der Waals surface area contributed by atoms with Crippen LogP contribution < -0.4 is 20.1 Å². The van der Waals surface area contributed by atoms with E-state index >= 15 is 0 Å². The van der Waals surface area contributed by atoms with Gasteiger partial charge in [0.05, 0.1) is 0 Å². The summed E-state index contributed by atoms with van der Waals surface area (Å²) in [5.41, 5.74) is 2.19. The smallest absolute Gasteiger partial charge is 0.322 e. The molecule has 0 saturated heterocycles. The predicted octanol–water partition coefficient (Wildman–Crippen LogP) is 1.45. The summed E-state index contributed by atoms with van der Waals surface area (Å²) in [6.07, 6.45) is 1.54. The van der Waals surface area contributed by atoms with E-state index in [0.29, 0.717) is 30.3 Å². The molecule has 2 heterocycles. The van der Waals surface area contributed by atoms with Crippen molar-refractivity contribution >= 4 is 39.0 Å². The number of aliphatic carboxylic acids is 1. The lowest BCUT2D eigenvalue weighted by Crippen LogP contribution is -2.47. The molecule has 1 atom stereocenters. The lowest BCUT2D eigenvalue weighted by Gasteiger charge is -2.14. The number of carbonyl (C=O) groups excluding carboxylic acids is 1. The van der Waals surface area contributed by atoms with Gasteiger partial charge in [-0.1, -0.05) is 36.4 Å². The topological polar surface area (TPSA) is 162 Å². The number of amides is 1. The molecule has 0 spiro atoms. The van der Waals surface area contributed by atoms with Gasteiger partial charge in [0.1, 0.15) is 17.4 Å². The summed E-state index contributed by atoms with van der Waals surface area (Å²) >= 11 is 0. The second kappa shape index (κ2) is 12.0. The van der Waals surface area contributed by atoms with E-state index in [1.54, 1.807) is 36.4 Å². The summed E-state index contributed by atoms with van der Waals surface area (Å²) in [5, 5.41) is 16.1. The Morgan fingerprint density at radius 1 is 1.11 bits per heavy atom. The third kappa shape index (κ3) is 7.87. The van der Waals surface area contributed by atoms with Crippen molar-refractivity contribution in [1.82, 2.24) is 20.1 Å². The number of carbonyl (C=O) groups is 2. The Labute approximate surface area is 214 Å². The molecule has 1 aliphatic rings. The van der Waals surface area contributed by atoms with Gasteiger partial charge in [0.2, 0.25) is 5.91 Å². The van der Waals surface area contributed by atoms with Crippen LogP contribution in [0.2, 0.25) is 0 Å². The van der Waals surface area contributed by atoms with E-state index < -0.39 is 22.2 Å². The molecular weight excluding hydrogens is 498 g/mol. The molecule has 0 bridgehead atoms. The molecule has 0 saturated carbocycles. The number of carboxylic acid groups (broad SMARTS) is 1. The molecule has 12 heteroatoms. The van der Waals surface area contributed by atoms with Gasteiger partial charge in [-0.2, -0.15) is 17.9 Å². The Hall–Kier alpha value is -3.74. The first-order valence-corrected chi connectivity index (χ1v) is 13.4. The molecule has 196 valence electrons. The van der Waals surface area contributed by atoms with Crippen molar-refractivity contribution in [3.8, 4) is 0 Å². The fourth-order valence-corrected chi connectivity index (χ4v) is 4.86. The number of hydrogen-bond donors (Lipinski definition) is 5. The zero-order valence-electron chi connectivity index (χ0n) is 20.1. The summed E-state index contributed by atoms with van der Waals surface area (Å²) in [5.74, 6) is -0.637. The molecule has 0 radical (unpaired) electrons. The predicted molar refractivity (Wildman–Crippen MR) is 138 cm³/mol. The maximum atomic E-state index is 12.4. The highest BCUT2D eigenvalue weighted by Gasteiger charge is 2.25. The third-order valence-electron chi connectivity index (χ3n) is 5.74. The molecule has 3 aromatic rings. The standard InChI is InChI=1S/C25H29N5O6S/c31-23(29-25-26-11-4-12-27-25)10-8-17-7-9-22-19(13-17)14-20(36-22)15-21(24(32)33)30-37(34,35)28-16-18-5-2-1-3-6-18/h1-3,5-7,9,13-14,21,28,30H,4,8,10-12,15-16H2,(H,32,33)(H2,26,27,29,31). The lowest BCUT2D eigenvalue weighted by atomic mass is 10.1. The van der Waals surface area contributed by atoms with Crippen LogP contribution >= 0.6 is 0 Å². The molecule has 2 aromatic carbocycles. The van der Waals surface area contributed by atoms with Crippen molar-refractivity contribution in [2.24, 2.45) is 4.99 Å². The molecule has 1 aliphatic heterocycles. The Balaban J connectivity index is 1.35. The number of benzene rings is 2. The van der Waals surface area contributed by atoms with Gasteiger partial charge in [-0.15, -0.1) is 0 Å². The van der Waals surface area contributed by atoms with Crippen molar-refractivity contribution in [2.75, 3.05) is 13.1 Å². The summed E-state index contributed by atoms with van der Waals surface area (Å²) in [7, 11) is -4.08. The van der Waals surface area contributed by atoms with E-state index in [2.05, 4.69) is 25.1 Å². The minimum atomic E-state index is -4.08. The van der Waals surface area contributed by atoms with Gasteiger partial charge < -0.3 is 14.8 Å². The average molecular weight is 528 g/mol. The Morgan fingerprint density at radius 2 is 1.92 bits per heavy atom. The fourth-order valence-electron chi connectivity index (χ4n) is 3.86. The first-order chi connectivity index (χ1) is 17.8. The minimum Gasteiger partial charge on any atom is -0.480 e. The quantitative estimate of drug-likeness (QED) is 0.252. The van der Waals surface area contributed by atoms with Crippen molar-refractivity contribution in [3.05, 3.63) is 71.5 Å². The van der Waals surface area contributed by atoms with E-state index in [9.17, 15) is 23.1 Å². The monoisotopic (exact) mass is 527 g/mol. The number of nitrogens with one attached hydrogen (secondary N) is 4. The fraction of sp³-hybridized carbons (Fsp3) is 0.320. The number of fused-ring (bicyclic) bond motifs is 1. The Bertz CT molecular complexity index is 1390. The van der Waals surface area contributed by atoms with E-state index in [4.69, 9.17) is 4.42 Å². The van der Waals surface area contributed by atoms with Crippen molar-refractivity contribution in [2.45, 2.75) is 38.3 Å². The molecule has 11 nitrogen and oxygen atoms in total. The van der Waals surface area contributed by atoms with Crippen LogP contribution in [0, 0.1) is 0 Å². The lowest BCUT2D eigenvalue weighted by molar-refractivity contribution is -0.139. The molecule has 0 aliphatic carbocycles. The number of aryl methyl sites for hydroxylation is 1. The molecular formula is C25H29N5O6S. The van der Waals surface area contributed by atoms with Crippen LogP contribution in [0.4, 0.5) is 0 Å². The highest BCUT2D eigenvalue weighted by molar-refractivity contribution is 7.87. The molecule has 1 aromatic heterocycles. The Morgan fingerprint density at radius 3 is 2.65 bits per heavy atom. The minimum absolute atomic E-state index is 0.0264. The number of nitrogens with zero attached hydrogens (tertiary/aromatic N) is 1. The number of aliphatic imine (C=N–C) groups is 1. The van der Waals surface area contributed by atoms with E-state index in [1.807, 2.05) is 18.2 Å². The summed E-state index contributed by atoms with van der Waals surface area (Å²) in [6, 6.07) is 14.6. The largest absolute Gasteiger partial charge is 0.480 e. The molecule has 1 unspecified atom stereocenters. The van der Waals surface area contributed by atoms with Gasteiger partial charge in [-0.3, -0.25) is 19.9 Å². The zero-order valence-corrected chi connectivity index (χ0v) is 20.9. The maximum Gasteiger partial charge on any atom is 0.322 e. The van der Waals surface area contributed by atoms with Crippen LogP contribution in [0.3, 0.4) is 0 Å². The molecule has 0 fully saturated rings.